The second-order valence-electron chi connectivity index (χ2n) is 5.15. The van der Waals surface area contributed by atoms with Gasteiger partial charge in [0, 0.05) is 18.4 Å². The van der Waals surface area contributed by atoms with Gasteiger partial charge in [-0.2, -0.15) is 0 Å². The predicted molar refractivity (Wildman–Crippen MR) is 71.7 cm³/mol. The Morgan fingerprint density at radius 2 is 1.95 bits per heavy atom. The average Bonchev–Trinajstić information content (AvgIpc) is 2.41. The van der Waals surface area contributed by atoms with Gasteiger partial charge in [0.05, 0.1) is 6.10 Å². The minimum Gasteiger partial charge on any atom is -0.388 e. The van der Waals surface area contributed by atoms with E-state index in [4.69, 9.17) is 4.74 Å². The number of aromatic nitrogens is 2. The topological polar surface area (TPSA) is 92.6 Å². The normalized spacial score (nSPS) is 31.4. The lowest BCUT2D eigenvalue weighted by Crippen LogP contribution is -2.55. The van der Waals surface area contributed by atoms with Crippen molar-refractivity contribution in [3.8, 4) is 0 Å². The van der Waals surface area contributed by atoms with Crippen molar-refractivity contribution < 1.29 is 18.3 Å². The predicted octanol–water partition coefficient (Wildman–Crippen LogP) is -0.324. The Morgan fingerprint density at radius 3 is 2.50 bits per heavy atom. The molecule has 0 aromatic carbocycles. The molecule has 1 aliphatic rings. The van der Waals surface area contributed by atoms with Crippen LogP contribution in [0.15, 0.2) is 23.6 Å². The molecule has 1 aromatic rings. The van der Waals surface area contributed by atoms with Gasteiger partial charge in [-0.15, -0.1) is 0 Å². The molecule has 20 heavy (non-hydrogen) atoms. The fourth-order valence-electron chi connectivity index (χ4n) is 2.34. The van der Waals surface area contributed by atoms with Crippen LogP contribution in [0, 0.1) is 0 Å². The van der Waals surface area contributed by atoms with E-state index in [-0.39, 0.29) is 17.3 Å². The smallest absolute Gasteiger partial charge is 0.249 e. The third kappa shape index (κ3) is 2.83. The highest BCUT2D eigenvalue weighted by molar-refractivity contribution is 7.91. The van der Waals surface area contributed by atoms with Crippen molar-refractivity contribution in [1.82, 2.24) is 14.9 Å². The van der Waals surface area contributed by atoms with Crippen LogP contribution in [0.5, 0.6) is 0 Å². The summed E-state index contributed by atoms with van der Waals surface area (Å²) in [4.78, 5) is 9.31. The van der Waals surface area contributed by atoms with Crippen LogP contribution in [0.1, 0.15) is 13.3 Å². The summed E-state index contributed by atoms with van der Waals surface area (Å²) in [7, 11) is -0.331. The van der Waals surface area contributed by atoms with Gasteiger partial charge in [-0.3, -0.25) is 0 Å². The molecule has 2 heterocycles. The Kier molecular flexibility index (Phi) is 4.38. The number of sulfone groups is 1. The van der Waals surface area contributed by atoms with Crippen LogP contribution in [0.2, 0.25) is 0 Å². The maximum atomic E-state index is 12.5. The molecule has 0 spiro atoms. The van der Waals surface area contributed by atoms with Crippen LogP contribution in [0.25, 0.3) is 0 Å². The number of hydrogen-bond acceptors (Lipinski definition) is 7. The van der Waals surface area contributed by atoms with Crippen molar-refractivity contribution in [2.75, 3.05) is 14.1 Å². The van der Waals surface area contributed by atoms with Crippen LogP contribution in [-0.2, 0) is 14.6 Å². The number of hydrogen-bond donors (Lipinski definition) is 1. The highest BCUT2D eigenvalue weighted by Gasteiger charge is 2.46. The van der Waals surface area contributed by atoms with Gasteiger partial charge in [-0.05, 0) is 33.5 Å². The number of aliphatic hydroxyl groups excluding tert-OH is 1. The van der Waals surface area contributed by atoms with Crippen molar-refractivity contribution in [3.05, 3.63) is 18.5 Å². The number of aliphatic hydroxyl groups is 1. The van der Waals surface area contributed by atoms with Gasteiger partial charge >= 0.3 is 0 Å². The molecule has 0 saturated carbocycles. The van der Waals surface area contributed by atoms with E-state index in [9.17, 15) is 13.5 Å². The molecule has 8 heteroatoms. The van der Waals surface area contributed by atoms with Crippen LogP contribution < -0.4 is 0 Å². The van der Waals surface area contributed by atoms with E-state index in [2.05, 4.69) is 9.97 Å². The van der Waals surface area contributed by atoms with E-state index in [1.54, 1.807) is 25.9 Å². The summed E-state index contributed by atoms with van der Waals surface area (Å²) >= 11 is 0. The fraction of sp³-hybridized carbons (Fsp3) is 0.667. The molecule has 4 unspecified atom stereocenters. The lowest BCUT2D eigenvalue weighted by molar-refractivity contribution is -0.108. The average molecular weight is 301 g/mol. The second kappa shape index (κ2) is 5.72. The van der Waals surface area contributed by atoms with Crippen molar-refractivity contribution in [2.45, 2.75) is 42.2 Å². The number of ether oxygens (including phenoxy) is 1. The third-order valence-corrected chi connectivity index (χ3v) is 5.10. The molecule has 4 atom stereocenters. The van der Waals surface area contributed by atoms with Crippen molar-refractivity contribution in [1.29, 1.82) is 0 Å². The molecule has 0 aliphatic carbocycles. The maximum absolute atomic E-state index is 12.5. The van der Waals surface area contributed by atoms with Gasteiger partial charge in [0.25, 0.3) is 0 Å². The van der Waals surface area contributed by atoms with Gasteiger partial charge in [0.15, 0.2) is 5.44 Å². The molecule has 1 aromatic heterocycles. The van der Waals surface area contributed by atoms with Crippen molar-refractivity contribution in [2.24, 2.45) is 0 Å². The highest BCUT2D eigenvalue weighted by Crippen LogP contribution is 2.28. The summed E-state index contributed by atoms with van der Waals surface area (Å²) in [6.45, 7) is 1.79. The molecular formula is C12H19N3O4S. The van der Waals surface area contributed by atoms with Gasteiger partial charge in [-0.1, -0.05) is 0 Å². The molecule has 112 valence electrons. The molecule has 0 amide bonds. The summed E-state index contributed by atoms with van der Waals surface area (Å²) in [6.07, 6.45) is 1.85. The van der Waals surface area contributed by atoms with E-state index >= 15 is 0 Å². The van der Waals surface area contributed by atoms with Crippen LogP contribution >= 0.6 is 0 Å². The fourth-order valence-corrected chi connectivity index (χ4v) is 3.84. The molecule has 1 saturated heterocycles. The Hall–Kier alpha value is -1.09. The molecule has 1 N–H and O–H groups in total. The summed E-state index contributed by atoms with van der Waals surface area (Å²) in [5, 5.41) is 9.99. The molecule has 7 nitrogen and oxygen atoms in total. The summed E-state index contributed by atoms with van der Waals surface area (Å²) in [6, 6.07) is 1.24. The zero-order chi connectivity index (χ0) is 14.9. The summed E-state index contributed by atoms with van der Waals surface area (Å²) in [5.41, 5.74) is -1.35. The van der Waals surface area contributed by atoms with Crippen LogP contribution in [0.4, 0.5) is 0 Å². The minimum absolute atomic E-state index is 0.269. The minimum atomic E-state index is -3.93. The Labute approximate surface area is 118 Å². The quantitative estimate of drug-likeness (QED) is 0.765. The van der Waals surface area contributed by atoms with Crippen LogP contribution in [0.3, 0.4) is 0 Å². The highest BCUT2D eigenvalue weighted by atomic mass is 32.2. The van der Waals surface area contributed by atoms with Gasteiger partial charge in [-0.25, -0.2) is 18.4 Å². The molecule has 2 rings (SSSR count). The lowest BCUT2D eigenvalue weighted by Gasteiger charge is -2.40. The standard InChI is InChI=1S/C12H19N3O4S/c1-8-7-9(15(2)3)10(16)11(19-8)20(17,18)12-13-5-4-6-14-12/h4-6,8-11,16H,7H2,1-3H3. The molecule has 1 aliphatic heterocycles. The number of rotatable bonds is 3. The number of nitrogens with zero attached hydrogens (tertiary/aromatic N) is 3. The molecule has 0 radical (unpaired) electrons. The van der Waals surface area contributed by atoms with E-state index < -0.39 is 21.4 Å². The Balaban J connectivity index is 2.35. The SMILES string of the molecule is CC1CC(N(C)C)C(O)C(S(=O)(=O)c2ncccn2)O1. The number of likely N-dealkylation sites (N-methyl/N-ethyl adjacent to an activating group) is 1. The van der Waals surface area contributed by atoms with Gasteiger partial charge < -0.3 is 14.7 Å². The van der Waals surface area contributed by atoms with E-state index in [1.807, 2.05) is 0 Å². The second-order valence-corrected chi connectivity index (χ2v) is 7.07. The maximum Gasteiger partial charge on any atom is 0.249 e. The molecule has 1 fully saturated rings. The van der Waals surface area contributed by atoms with Crippen molar-refractivity contribution in [3.63, 3.8) is 0 Å². The third-order valence-electron chi connectivity index (χ3n) is 3.38. The van der Waals surface area contributed by atoms with Crippen LogP contribution in [-0.4, -0.2) is 66.2 Å². The first-order chi connectivity index (χ1) is 9.34. The zero-order valence-electron chi connectivity index (χ0n) is 11.7. The summed E-state index contributed by atoms with van der Waals surface area (Å²) in [5.74, 6) is 0. The first-order valence-corrected chi connectivity index (χ1v) is 7.89. The monoisotopic (exact) mass is 301 g/mol. The zero-order valence-corrected chi connectivity index (χ0v) is 12.5. The van der Waals surface area contributed by atoms with E-state index in [0.29, 0.717) is 6.42 Å². The first-order valence-electron chi connectivity index (χ1n) is 6.35. The van der Waals surface area contributed by atoms with Gasteiger partial charge in [0.2, 0.25) is 15.0 Å². The lowest BCUT2D eigenvalue weighted by atomic mass is 10.0. The molecule has 0 bridgehead atoms. The van der Waals surface area contributed by atoms with E-state index in [1.165, 1.54) is 18.5 Å². The van der Waals surface area contributed by atoms with E-state index in [0.717, 1.165) is 0 Å². The van der Waals surface area contributed by atoms with Gasteiger partial charge in [0.1, 0.15) is 6.10 Å². The Morgan fingerprint density at radius 1 is 1.35 bits per heavy atom. The molecular weight excluding hydrogens is 282 g/mol. The van der Waals surface area contributed by atoms with Crippen molar-refractivity contribution >= 4 is 9.84 Å². The summed E-state index contributed by atoms with van der Waals surface area (Å²) < 4.78 is 30.4. The Bertz CT molecular complexity index is 549. The first kappa shape index (κ1) is 15.3. The largest absolute Gasteiger partial charge is 0.388 e.